The molecule has 1 aromatic heterocycles. The number of furan rings is 1. The first-order valence-electron chi connectivity index (χ1n) is 9.45. The average Bonchev–Trinajstić information content (AvgIpc) is 3.22. The van der Waals surface area contributed by atoms with E-state index < -0.39 is 0 Å². The van der Waals surface area contributed by atoms with Crippen molar-refractivity contribution in [3.63, 3.8) is 0 Å². The minimum Gasteiger partial charge on any atom is -0.493 e. The zero-order valence-corrected chi connectivity index (χ0v) is 16.4. The number of carbonyl (C=O) groups excluding carboxylic acids is 2. The van der Waals surface area contributed by atoms with Crippen LogP contribution in [0.25, 0.3) is 0 Å². The number of amides is 2. The highest BCUT2D eigenvalue weighted by atomic mass is 16.5. The molecule has 1 saturated heterocycles. The van der Waals surface area contributed by atoms with Gasteiger partial charge in [0, 0.05) is 24.7 Å². The van der Waals surface area contributed by atoms with Crippen molar-refractivity contribution in [2.45, 2.75) is 38.8 Å². The maximum Gasteiger partial charge on any atom is 0.257 e. The second-order valence-corrected chi connectivity index (χ2v) is 7.08. The zero-order chi connectivity index (χ0) is 20.1. The van der Waals surface area contributed by atoms with Crippen LogP contribution < -0.4 is 14.8 Å². The van der Waals surface area contributed by atoms with Gasteiger partial charge in [-0.05, 0) is 51.0 Å². The molecule has 7 nitrogen and oxygen atoms in total. The second-order valence-electron chi connectivity index (χ2n) is 7.08. The number of rotatable bonds is 6. The standard InChI is InChI=1S/C21H26N2O5/c1-14(2)28-18-5-4-15(12-19(18)26-3)20(24)22-17-6-9-23(10-7-17)21(25)16-8-11-27-13-16/h4-5,8,11-14,17H,6-7,9-10H2,1-3H3,(H,22,24). The third-order valence-corrected chi connectivity index (χ3v) is 4.67. The van der Waals surface area contributed by atoms with Gasteiger partial charge in [0.05, 0.1) is 25.0 Å². The van der Waals surface area contributed by atoms with E-state index in [9.17, 15) is 9.59 Å². The van der Waals surface area contributed by atoms with Crippen LogP contribution in [0.5, 0.6) is 11.5 Å². The monoisotopic (exact) mass is 386 g/mol. The molecule has 2 heterocycles. The minimum atomic E-state index is -0.158. The third-order valence-electron chi connectivity index (χ3n) is 4.67. The van der Waals surface area contributed by atoms with Gasteiger partial charge < -0.3 is 24.1 Å². The Morgan fingerprint density at radius 2 is 1.89 bits per heavy atom. The molecule has 1 aliphatic heterocycles. The van der Waals surface area contributed by atoms with Crippen LogP contribution in [0.2, 0.25) is 0 Å². The highest BCUT2D eigenvalue weighted by Gasteiger charge is 2.25. The van der Waals surface area contributed by atoms with E-state index in [2.05, 4.69) is 5.32 Å². The number of ether oxygens (including phenoxy) is 2. The van der Waals surface area contributed by atoms with Gasteiger partial charge in [-0.2, -0.15) is 0 Å². The van der Waals surface area contributed by atoms with Crippen LogP contribution in [0.3, 0.4) is 0 Å². The van der Waals surface area contributed by atoms with E-state index in [0.29, 0.717) is 48.6 Å². The molecule has 1 N–H and O–H groups in total. The smallest absolute Gasteiger partial charge is 0.257 e. The predicted molar refractivity (Wildman–Crippen MR) is 104 cm³/mol. The SMILES string of the molecule is COc1cc(C(=O)NC2CCN(C(=O)c3ccoc3)CC2)ccc1OC(C)C. The molecule has 0 bridgehead atoms. The van der Waals surface area contributed by atoms with Crippen molar-refractivity contribution >= 4 is 11.8 Å². The lowest BCUT2D eigenvalue weighted by molar-refractivity contribution is 0.0697. The Bertz CT molecular complexity index is 808. The van der Waals surface area contributed by atoms with Gasteiger partial charge in [-0.1, -0.05) is 0 Å². The highest BCUT2D eigenvalue weighted by Crippen LogP contribution is 2.29. The van der Waals surface area contributed by atoms with Crippen LogP contribution in [0.1, 0.15) is 47.4 Å². The molecular formula is C21H26N2O5. The van der Waals surface area contributed by atoms with Crippen molar-refractivity contribution in [1.82, 2.24) is 10.2 Å². The molecule has 1 aromatic carbocycles. The van der Waals surface area contributed by atoms with E-state index in [0.717, 1.165) is 0 Å². The van der Waals surface area contributed by atoms with Crippen molar-refractivity contribution in [3.8, 4) is 11.5 Å². The van der Waals surface area contributed by atoms with E-state index in [-0.39, 0.29) is 24.0 Å². The van der Waals surface area contributed by atoms with Crippen molar-refractivity contribution in [1.29, 1.82) is 0 Å². The third kappa shape index (κ3) is 4.65. The van der Waals surface area contributed by atoms with Crippen molar-refractivity contribution in [3.05, 3.63) is 47.9 Å². The molecule has 0 saturated carbocycles. The summed E-state index contributed by atoms with van der Waals surface area (Å²) in [6.45, 7) is 5.06. The quantitative estimate of drug-likeness (QED) is 0.825. The summed E-state index contributed by atoms with van der Waals surface area (Å²) < 4.78 is 16.0. The van der Waals surface area contributed by atoms with Crippen LogP contribution >= 0.6 is 0 Å². The molecule has 0 aliphatic carbocycles. The fourth-order valence-corrected chi connectivity index (χ4v) is 3.22. The van der Waals surface area contributed by atoms with Gasteiger partial charge >= 0.3 is 0 Å². The van der Waals surface area contributed by atoms with Crippen LogP contribution in [0.4, 0.5) is 0 Å². The van der Waals surface area contributed by atoms with Crippen molar-refractivity contribution < 1.29 is 23.5 Å². The largest absolute Gasteiger partial charge is 0.493 e. The van der Waals surface area contributed by atoms with Gasteiger partial charge in [-0.3, -0.25) is 9.59 Å². The molecule has 0 unspecified atom stereocenters. The molecule has 1 fully saturated rings. The van der Waals surface area contributed by atoms with E-state index in [1.54, 1.807) is 36.3 Å². The summed E-state index contributed by atoms with van der Waals surface area (Å²) in [5.74, 6) is 0.944. The van der Waals surface area contributed by atoms with Crippen LogP contribution in [0, 0.1) is 0 Å². The van der Waals surface area contributed by atoms with Gasteiger partial charge in [0.15, 0.2) is 11.5 Å². The molecule has 28 heavy (non-hydrogen) atoms. The number of benzene rings is 1. The number of carbonyl (C=O) groups is 2. The molecule has 3 rings (SSSR count). The lowest BCUT2D eigenvalue weighted by Crippen LogP contribution is -2.46. The number of nitrogens with zero attached hydrogens (tertiary/aromatic N) is 1. The Kier molecular flexibility index (Phi) is 6.23. The van der Waals surface area contributed by atoms with Gasteiger partial charge in [0.25, 0.3) is 11.8 Å². The molecule has 1 aliphatic rings. The van der Waals surface area contributed by atoms with E-state index in [1.807, 2.05) is 13.8 Å². The maximum absolute atomic E-state index is 12.6. The topological polar surface area (TPSA) is 81.0 Å². The first-order valence-corrected chi connectivity index (χ1v) is 9.45. The molecule has 2 amide bonds. The Labute approximate surface area is 164 Å². The number of hydrogen-bond acceptors (Lipinski definition) is 5. The summed E-state index contributed by atoms with van der Waals surface area (Å²) in [7, 11) is 1.55. The highest BCUT2D eigenvalue weighted by molar-refractivity contribution is 5.95. The summed E-state index contributed by atoms with van der Waals surface area (Å²) >= 11 is 0. The lowest BCUT2D eigenvalue weighted by Gasteiger charge is -2.32. The zero-order valence-electron chi connectivity index (χ0n) is 16.4. The normalized spacial score (nSPS) is 14.8. The lowest BCUT2D eigenvalue weighted by atomic mass is 10.0. The van der Waals surface area contributed by atoms with Crippen molar-refractivity contribution in [2.75, 3.05) is 20.2 Å². The summed E-state index contributed by atoms with van der Waals surface area (Å²) in [6, 6.07) is 6.85. The van der Waals surface area contributed by atoms with Crippen molar-refractivity contribution in [2.24, 2.45) is 0 Å². The van der Waals surface area contributed by atoms with Crippen LogP contribution in [0.15, 0.2) is 41.2 Å². The van der Waals surface area contributed by atoms with E-state index in [4.69, 9.17) is 13.9 Å². The average molecular weight is 386 g/mol. The summed E-state index contributed by atoms with van der Waals surface area (Å²) in [6.07, 6.45) is 4.38. The molecule has 0 radical (unpaired) electrons. The Hall–Kier alpha value is -2.96. The summed E-state index contributed by atoms with van der Waals surface area (Å²) in [4.78, 5) is 26.7. The van der Waals surface area contributed by atoms with Gasteiger partial charge in [-0.15, -0.1) is 0 Å². The number of piperidine rings is 1. The van der Waals surface area contributed by atoms with Gasteiger partial charge in [0.2, 0.25) is 0 Å². The number of methoxy groups -OCH3 is 1. The van der Waals surface area contributed by atoms with E-state index >= 15 is 0 Å². The predicted octanol–water partition coefficient (Wildman–Crippen LogP) is 3.11. The summed E-state index contributed by atoms with van der Waals surface area (Å²) in [5, 5.41) is 3.05. The van der Waals surface area contributed by atoms with Crippen LogP contribution in [-0.4, -0.2) is 49.1 Å². The number of hydrogen-bond donors (Lipinski definition) is 1. The Morgan fingerprint density at radius 1 is 1.14 bits per heavy atom. The fourth-order valence-electron chi connectivity index (χ4n) is 3.22. The maximum atomic E-state index is 12.6. The fraction of sp³-hybridized carbons (Fsp3) is 0.429. The van der Waals surface area contributed by atoms with Crippen LogP contribution in [-0.2, 0) is 0 Å². The molecule has 2 aromatic rings. The Balaban J connectivity index is 1.56. The number of likely N-dealkylation sites (tertiary alicyclic amines) is 1. The van der Waals surface area contributed by atoms with E-state index in [1.165, 1.54) is 12.5 Å². The number of nitrogens with one attached hydrogen (secondary N) is 1. The molecule has 7 heteroatoms. The van der Waals surface area contributed by atoms with Gasteiger partial charge in [-0.25, -0.2) is 0 Å². The first-order chi connectivity index (χ1) is 13.5. The second kappa shape index (κ2) is 8.82. The minimum absolute atomic E-state index is 0.0171. The first kappa shape index (κ1) is 19.8. The Morgan fingerprint density at radius 3 is 2.50 bits per heavy atom. The summed E-state index contributed by atoms with van der Waals surface area (Å²) in [5.41, 5.74) is 1.07. The molecule has 0 atom stereocenters. The molecule has 0 spiro atoms. The molecule has 150 valence electrons. The van der Waals surface area contributed by atoms with Gasteiger partial charge in [0.1, 0.15) is 6.26 Å². The molecular weight excluding hydrogens is 360 g/mol.